The molecule has 2 aliphatic heterocycles. The Morgan fingerprint density at radius 1 is 1.48 bits per heavy atom. The van der Waals surface area contributed by atoms with Gasteiger partial charge in [0, 0.05) is 0 Å². The Bertz CT molecular complexity index is 510. The van der Waals surface area contributed by atoms with Crippen molar-refractivity contribution in [2.24, 2.45) is 0 Å². The third-order valence-electron chi connectivity index (χ3n) is 4.24. The Labute approximate surface area is 124 Å². The second-order valence-corrected chi connectivity index (χ2v) is 5.79. The molecule has 3 heterocycles. The Morgan fingerprint density at radius 2 is 2.33 bits per heavy atom. The van der Waals surface area contributed by atoms with Gasteiger partial charge in [-0.2, -0.15) is 0 Å². The molecular formula is C14H22N4O3. The molecule has 7 nitrogen and oxygen atoms in total. The van der Waals surface area contributed by atoms with E-state index in [4.69, 9.17) is 9.47 Å². The predicted octanol–water partition coefficient (Wildman–Crippen LogP) is 1.06. The molecule has 2 fully saturated rings. The van der Waals surface area contributed by atoms with Gasteiger partial charge in [-0.05, 0) is 39.2 Å². The lowest BCUT2D eigenvalue weighted by molar-refractivity contribution is 0.0425. The molecule has 1 N–H and O–H groups in total. The quantitative estimate of drug-likeness (QED) is 0.837. The summed E-state index contributed by atoms with van der Waals surface area (Å²) in [7, 11) is 1.37. The van der Waals surface area contributed by atoms with Crippen molar-refractivity contribution in [1.82, 2.24) is 20.3 Å². The first-order valence-corrected chi connectivity index (χ1v) is 7.59. The monoisotopic (exact) mass is 294 g/mol. The maximum Gasteiger partial charge on any atom is 0.360 e. The highest BCUT2D eigenvalue weighted by Gasteiger charge is 2.31. The summed E-state index contributed by atoms with van der Waals surface area (Å²) in [4.78, 5) is 11.9. The lowest BCUT2D eigenvalue weighted by Crippen LogP contribution is -2.24. The number of rotatable bonds is 4. The molecule has 21 heavy (non-hydrogen) atoms. The molecule has 2 aliphatic rings. The molecule has 7 heteroatoms. The first-order chi connectivity index (χ1) is 10.2. The van der Waals surface area contributed by atoms with Crippen LogP contribution in [0, 0.1) is 0 Å². The highest BCUT2D eigenvalue weighted by atomic mass is 16.5. The Balaban J connectivity index is 1.85. The van der Waals surface area contributed by atoms with Gasteiger partial charge in [0.25, 0.3) is 0 Å². The number of nitrogens with zero attached hydrogens (tertiary/aromatic N) is 3. The SMILES string of the molecule is COC(=O)c1nnn(CC2CCC(C)O2)c1C1CCCN1. The van der Waals surface area contributed by atoms with Crippen LogP contribution in [0.25, 0.3) is 0 Å². The molecule has 3 rings (SSSR count). The largest absolute Gasteiger partial charge is 0.464 e. The van der Waals surface area contributed by atoms with E-state index in [1.54, 1.807) is 0 Å². The van der Waals surface area contributed by atoms with Crippen LogP contribution in [0.3, 0.4) is 0 Å². The molecule has 0 bridgehead atoms. The van der Waals surface area contributed by atoms with E-state index >= 15 is 0 Å². The van der Waals surface area contributed by atoms with Crippen LogP contribution >= 0.6 is 0 Å². The summed E-state index contributed by atoms with van der Waals surface area (Å²) in [5, 5.41) is 11.6. The minimum atomic E-state index is -0.425. The van der Waals surface area contributed by atoms with Gasteiger partial charge >= 0.3 is 5.97 Å². The van der Waals surface area contributed by atoms with E-state index in [9.17, 15) is 4.79 Å². The van der Waals surface area contributed by atoms with E-state index in [0.29, 0.717) is 18.3 Å². The number of esters is 1. The van der Waals surface area contributed by atoms with Crippen LogP contribution < -0.4 is 5.32 Å². The summed E-state index contributed by atoms with van der Waals surface area (Å²) in [5.74, 6) is -0.425. The maximum atomic E-state index is 11.9. The van der Waals surface area contributed by atoms with E-state index in [-0.39, 0.29) is 12.1 Å². The molecule has 1 aromatic heterocycles. The van der Waals surface area contributed by atoms with Crippen molar-refractivity contribution in [1.29, 1.82) is 0 Å². The third kappa shape index (κ3) is 2.94. The fraction of sp³-hybridized carbons (Fsp3) is 0.786. The summed E-state index contributed by atoms with van der Waals surface area (Å²) in [5.41, 5.74) is 1.16. The zero-order valence-corrected chi connectivity index (χ0v) is 12.5. The molecule has 3 atom stereocenters. The first-order valence-electron chi connectivity index (χ1n) is 7.59. The minimum absolute atomic E-state index is 0.118. The maximum absolute atomic E-state index is 11.9. The molecule has 0 aromatic carbocycles. The number of ether oxygens (including phenoxy) is 2. The minimum Gasteiger partial charge on any atom is -0.464 e. The molecule has 1 aromatic rings. The first kappa shape index (κ1) is 14.5. The van der Waals surface area contributed by atoms with E-state index in [0.717, 1.165) is 37.9 Å². The lowest BCUT2D eigenvalue weighted by Gasteiger charge is -2.16. The molecular weight excluding hydrogens is 272 g/mol. The van der Waals surface area contributed by atoms with Gasteiger partial charge < -0.3 is 14.8 Å². The van der Waals surface area contributed by atoms with E-state index in [2.05, 4.69) is 22.6 Å². The van der Waals surface area contributed by atoms with Gasteiger partial charge in [-0.25, -0.2) is 9.48 Å². The summed E-state index contributed by atoms with van der Waals surface area (Å²) >= 11 is 0. The van der Waals surface area contributed by atoms with E-state index in [1.807, 2.05) is 4.68 Å². The Kier molecular flexibility index (Phi) is 4.21. The van der Waals surface area contributed by atoms with Crippen molar-refractivity contribution < 1.29 is 14.3 Å². The molecule has 0 aliphatic carbocycles. The molecule has 0 spiro atoms. The molecule has 116 valence electrons. The van der Waals surface area contributed by atoms with Crippen molar-refractivity contribution in [2.45, 2.75) is 57.4 Å². The molecule has 0 amide bonds. The second-order valence-electron chi connectivity index (χ2n) is 5.79. The third-order valence-corrected chi connectivity index (χ3v) is 4.24. The van der Waals surface area contributed by atoms with Crippen molar-refractivity contribution in [2.75, 3.05) is 13.7 Å². The lowest BCUT2D eigenvalue weighted by atomic mass is 10.1. The number of nitrogens with one attached hydrogen (secondary N) is 1. The van der Waals surface area contributed by atoms with Gasteiger partial charge in [0.05, 0.1) is 37.6 Å². The highest BCUT2D eigenvalue weighted by molar-refractivity contribution is 5.88. The van der Waals surface area contributed by atoms with E-state index < -0.39 is 5.97 Å². The second kappa shape index (κ2) is 6.11. The predicted molar refractivity (Wildman–Crippen MR) is 74.9 cm³/mol. The van der Waals surface area contributed by atoms with Crippen LogP contribution in [0.2, 0.25) is 0 Å². The summed E-state index contributed by atoms with van der Waals surface area (Å²) in [6.07, 6.45) is 4.61. The number of hydrogen-bond acceptors (Lipinski definition) is 6. The fourth-order valence-corrected chi connectivity index (χ4v) is 3.17. The molecule has 3 unspecified atom stereocenters. The van der Waals surface area contributed by atoms with Crippen LogP contribution in [-0.2, 0) is 16.0 Å². The van der Waals surface area contributed by atoms with Gasteiger partial charge in [-0.3, -0.25) is 0 Å². The standard InChI is InChI=1S/C14H22N4O3/c1-9-5-6-10(21-9)8-18-13(11-4-3-7-15-11)12(16-17-18)14(19)20-2/h9-11,15H,3-8H2,1-2H3. The van der Waals surface area contributed by atoms with Crippen LogP contribution in [-0.4, -0.2) is 46.8 Å². The Morgan fingerprint density at radius 3 is 2.95 bits per heavy atom. The van der Waals surface area contributed by atoms with Crippen molar-refractivity contribution in [3.63, 3.8) is 0 Å². The summed E-state index contributed by atoms with van der Waals surface area (Å²) in [6, 6.07) is 0.118. The number of aromatic nitrogens is 3. The van der Waals surface area contributed by atoms with Gasteiger partial charge in [-0.15, -0.1) is 5.10 Å². The average molecular weight is 294 g/mol. The number of hydrogen-bond donors (Lipinski definition) is 1. The zero-order valence-electron chi connectivity index (χ0n) is 12.5. The average Bonchev–Trinajstić information content (AvgIpc) is 3.19. The molecule has 0 radical (unpaired) electrons. The smallest absolute Gasteiger partial charge is 0.360 e. The van der Waals surface area contributed by atoms with Gasteiger partial charge in [0.1, 0.15) is 0 Å². The van der Waals surface area contributed by atoms with Crippen molar-refractivity contribution in [3.05, 3.63) is 11.4 Å². The number of methoxy groups -OCH3 is 1. The van der Waals surface area contributed by atoms with Crippen LogP contribution in [0.5, 0.6) is 0 Å². The normalized spacial score (nSPS) is 29.0. The van der Waals surface area contributed by atoms with Crippen molar-refractivity contribution >= 4 is 5.97 Å². The van der Waals surface area contributed by atoms with Crippen LogP contribution in [0.4, 0.5) is 0 Å². The number of carbonyl (C=O) groups is 1. The van der Waals surface area contributed by atoms with Crippen molar-refractivity contribution in [3.8, 4) is 0 Å². The zero-order chi connectivity index (χ0) is 14.8. The summed E-state index contributed by atoms with van der Waals surface area (Å²) in [6.45, 7) is 3.68. The van der Waals surface area contributed by atoms with Gasteiger partial charge in [0.15, 0.2) is 5.69 Å². The topological polar surface area (TPSA) is 78.3 Å². The molecule has 2 saturated heterocycles. The van der Waals surface area contributed by atoms with Crippen LogP contribution in [0.15, 0.2) is 0 Å². The van der Waals surface area contributed by atoms with Gasteiger partial charge in [-0.1, -0.05) is 5.21 Å². The van der Waals surface area contributed by atoms with Gasteiger partial charge in [0.2, 0.25) is 0 Å². The van der Waals surface area contributed by atoms with Crippen LogP contribution in [0.1, 0.15) is 54.8 Å². The Hall–Kier alpha value is -1.47. The number of carbonyl (C=O) groups excluding carboxylic acids is 1. The summed E-state index contributed by atoms with van der Waals surface area (Å²) < 4.78 is 12.5. The fourth-order valence-electron chi connectivity index (χ4n) is 3.17. The molecule has 0 saturated carbocycles. The highest BCUT2D eigenvalue weighted by Crippen LogP contribution is 2.27. The van der Waals surface area contributed by atoms with E-state index in [1.165, 1.54) is 7.11 Å².